The van der Waals surface area contributed by atoms with E-state index in [9.17, 15) is 8.42 Å². The summed E-state index contributed by atoms with van der Waals surface area (Å²) in [6.07, 6.45) is 0. The number of ether oxygens (including phenoxy) is 4. The van der Waals surface area contributed by atoms with Crippen molar-refractivity contribution >= 4 is 9.84 Å². The molecule has 0 fully saturated rings. The molecule has 204 valence electrons. The average molecular weight is 547 g/mol. The Kier molecular flexibility index (Phi) is 10.1. The standard InChI is InChI=1S/C32H34O6S/c1-35-19-21-37-31-15-11-29(12-16-31)27-7-3-25(4-8-27)23-39(33,34)24-26-5-9-28(10-6-26)30-13-17-32(18-14-30)38-22-20-36-2/h3-18H,19-24H2,1-2H3. The van der Waals surface area contributed by atoms with Crippen LogP contribution in [-0.2, 0) is 30.8 Å². The van der Waals surface area contributed by atoms with E-state index in [4.69, 9.17) is 18.9 Å². The number of rotatable bonds is 14. The van der Waals surface area contributed by atoms with Crippen molar-refractivity contribution in [1.29, 1.82) is 0 Å². The normalized spacial score (nSPS) is 11.3. The Balaban J connectivity index is 1.32. The van der Waals surface area contributed by atoms with E-state index in [1.165, 1.54) is 0 Å². The first-order valence-electron chi connectivity index (χ1n) is 12.8. The van der Waals surface area contributed by atoms with Gasteiger partial charge in [0.2, 0.25) is 0 Å². The van der Waals surface area contributed by atoms with Gasteiger partial charge in [-0.05, 0) is 57.6 Å². The lowest BCUT2D eigenvalue weighted by atomic mass is 10.0. The monoisotopic (exact) mass is 546 g/mol. The van der Waals surface area contributed by atoms with Gasteiger partial charge >= 0.3 is 0 Å². The summed E-state index contributed by atoms with van der Waals surface area (Å²) in [4.78, 5) is 0. The minimum atomic E-state index is -3.33. The quantitative estimate of drug-likeness (QED) is 0.176. The zero-order chi connectivity index (χ0) is 27.5. The Morgan fingerprint density at radius 1 is 0.462 bits per heavy atom. The molecule has 7 heteroatoms. The molecule has 0 spiro atoms. The van der Waals surface area contributed by atoms with Crippen LogP contribution < -0.4 is 9.47 Å². The second-order valence-electron chi connectivity index (χ2n) is 9.16. The largest absolute Gasteiger partial charge is 0.491 e. The van der Waals surface area contributed by atoms with Crippen LogP contribution in [0.5, 0.6) is 11.5 Å². The van der Waals surface area contributed by atoms with Crippen LogP contribution in [-0.4, -0.2) is 49.1 Å². The Bertz CT molecular complexity index is 1290. The lowest BCUT2D eigenvalue weighted by Crippen LogP contribution is -2.07. The van der Waals surface area contributed by atoms with Crippen molar-refractivity contribution < 1.29 is 27.4 Å². The maximum Gasteiger partial charge on any atom is 0.158 e. The number of benzene rings is 4. The van der Waals surface area contributed by atoms with Crippen LogP contribution in [0.2, 0.25) is 0 Å². The van der Waals surface area contributed by atoms with Crippen LogP contribution in [0.4, 0.5) is 0 Å². The first-order chi connectivity index (χ1) is 19.0. The molecule has 0 atom stereocenters. The van der Waals surface area contributed by atoms with Gasteiger partial charge in [0.05, 0.1) is 24.7 Å². The van der Waals surface area contributed by atoms with Crippen LogP contribution in [0.1, 0.15) is 11.1 Å². The summed E-state index contributed by atoms with van der Waals surface area (Å²) in [6, 6.07) is 30.9. The predicted octanol–water partition coefficient (Wildman–Crippen LogP) is 6.19. The molecule has 6 nitrogen and oxygen atoms in total. The van der Waals surface area contributed by atoms with E-state index in [1.807, 2.05) is 97.1 Å². The molecule has 39 heavy (non-hydrogen) atoms. The molecule has 0 heterocycles. The van der Waals surface area contributed by atoms with Crippen LogP contribution in [0, 0.1) is 0 Å². The fourth-order valence-corrected chi connectivity index (χ4v) is 5.62. The second-order valence-corrected chi connectivity index (χ2v) is 11.2. The summed E-state index contributed by atoms with van der Waals surface area (Å²) in [7, 11) is -0.0473. The van der Waals surface area contributed by atoms with Gasteiger partial charge in [0, 0.05) is 14.2 Å². The molecule has 0 amide bonds. The molecular formula is C32H34O6S. The Labute approximate surface area is 231 Å². The van der Waals surface area contributed by atoms with Crippen molar-refractivity contribution in [1.82, 2.24) is 0 Å². The number of methoxy groups -OCH3 is 2. The maximum atomic E-state index is 12.9. The van der Waals surface area contributed by atoms with Gasteiger partial charge in [-0.2, -0.15) is 0 Å². The highest BCUT2D eigenvalue weighted by atomic mass is 32.2. The molecule has 4 aromatic rings. The molecule has 0 aliphatic heterocycles. The first-order valence-corrected chi connectivity index (χ1v) is 14.6. The van der Waals surface area contributed by atoms with Gasteiger partial charge in [0.15, 0.2) is 9.84 Å². The van der Waals surface area contributed by atoms with Crippen molar-refractivity contribution in [3.8, 4) is 33.8 Å². The van der Waals surface area contributed by atoms with Crippen LogP contribution in [0.25, 0.3) is 22.3 Å². The number of hydrogen-bond donors (Lipinski definition) is 0. The van der Waals surface area contributed by atoms with Gasteiger partial charge in [0.25, 0.3) is 0 Å². The van der Waals surface area contributed by atoms with Crippen molar-refractivity contribution in [3.63, 3.8) is 0 Å². The number of sulfone groups is 1. The Morgan fingerprint density at radius 2 is 0.769 bits per heavy atom. The summed E-state index contributed by atoms with van der Waals surface area (Å²) in [5.74, 6) is 1.55. The average Bonchev–Trinajstić information content (AvgIpc) is 2.95. The zero-order valence-electron chi connectivity index (χ0n) is 22.3. The van der Waals surface area contributed by atoms with Gasteiger partial charge in [-0.3, -0.25) is 0 Å². The molecule has 0 saturated heterocycles. The van der Waals surface area contributed by atoms with E-state index in [2.05, 4.69) is 0 Å². The lowest BCUT2D eigenvalue weighted by Gasteiger charge is -2.09. The van der Waals surface area contributed by atoms with E-state index < -0.39 is 9.84 Å². The summed E-state index contributed by atoms with van der Waals surface area (Å²) in [5.41, 5.74) is 5.65. The fraction of sp³-hybridized carbons (Fsp3) is 0.250. The molecular weight excluding hydrogens is 512 g/mol. The smallest absolute Gasteiger partial charge is 0.158 e. The summed E-state index contributed by atoms with van der Waals surface area (Å²) >= 11 is 0. The third-order valence-electron chi connectivity index (χ3n) is 6.17. The predicted molar refractivity (Wildman–Crippen MR) is 155 cm³/mol. The highest BCUT2D eigenvalue weighted by molar-refractivity contribution is 7.89. The molecule has 4 rings (SSSR count). The fourth-order valence-electron chi connectivity index (χ4n) is 4.12. The third kappa shape index (κ3) is 8.68. The molecule has 0 N–H and O–H groups in total. The topological polar surface area (TPSA) is 71.1 Å². The third-order valence-corrected chi connectivity index (χ3v) is 7.72. The van der Waals surface area contributed by atoms with E-state index in [-0.39, 0.29) is 11.5 Å². The summed E-state index contributed by atoms with van der Waals surface area (Å²) in [6.45, 7) is 2.09. The molecule has 0 aliphatic carbocycles. The summed E-state index contributed by atoms with van der Waals surface area (Å²) < 4.78 is 47.1. The van der Waals surface area contributed by atoms with E-state index in [1.54, 1.807) is 14.2 Å². The van der Waals surface area contributed by atoms with Crippen LogP contribution in [0.15, 0.2) is 97.1 Å². The van der Waals surface area contributed by atoms with Crippen molar-refractivity contribution in [2.75, 3.05) is 40.6 Å². The van der Waals surface area contributed by atoms with Gasteiger partial charge in [-0.1, -0.05) is 72.8 Å². The molecule has 4 aromatic carbocycles. The molecule has 0 bridgehead atoms. The molecule has 0 unspecified atom stereocenters. The van der Waals surface area contributed by atoms with E-state index in [0.717, 1.165) is 44.9 Å². The molecule has 0 aliphatic rings. The van der Waals surface area contributed by atoms with Crippen LogP contribution in [0.3, 0.4) is 0 Å². The van der Waals surface area contributed by atoms with Gasteiger partial charge in [0.1, 0.15) is 24.7 Å². The highest BCUT2D eigenvalue weighted by Gasteiger charge is 2.14. The lowest BCUT2D eigenvalue weighted by molar-refractivity contribution is 0.146. The zero-order valence-corrected chi connectivity index (χ0v) is 23.2. The summed E-state index contributed by atoms with van der Waals surface area (Å²) in [5, 5.41) is 0. The Morgan fingerprint density at radius 3 is 1.08 bits per heavy atom. The van der Waals surface area contributed by atoms with E-state index in [0.29, 0.717) is 26.4 Å². The van der Waals surface area contributed by atoms with Crippen LogP contribution >= 0.6 is 0 Å². The SMILES string of the molecule is COCCOc1ccc(-c2ccc(CS(=O)(=O)Cc3ccc(-c4ccc(OCCOC)cc4)cc3)cc2)cc1. The second kappa shape index (κ2) is 13.9. The molecule has 0 aromatic heterocycles. The molecule has 0 saturated carbocycles. The van der Waals surface area contributed by atoms with Crippen molar-refractivity contribution in [3.05, 3.63) is 108 Å². The Hall–Kier alpha value is -3.65. The highest BCUT2D eigenvalue weighted by Crippen LogP contribution is 2.25. The van der Waals surface area contributed by atoms with Gasteiger partial charge in [-0.15, -0.1) is 0 Å². The van der Waals surface area contributed by atoms with E-state index >= 15 is 0 Å². The number of hydrogen-bond acceptors (Lipinski definition) is 6. The van der Waals surface area contributed by atoms with Crippen molar-refractivity contribution in [2.45, 2.75) is 11.5 Å². The van der Waals surface area contributed by atoms with Gasteiger partial charge in [-0.25, -0.2) is 8.42 Å². The molecule has 0 radical (unpaired) electrons. The van der Waals surface area contributed by atoms with Crippen molar-refractivity contribution in [2.24, 2.45) is 0 Å². The maximum absolute atomic E-state index is 12.9. The minimum Gasteiger partial charge on any atom is -0.491 e. The van der Waals surface area contributed by atoms with Gasteiger partial charge < -0.3 is 18.9 Å². The first kappa shape index (κ1) is 28.4. The minimum absolute atomic E-state index is 0.00809.